The average Bonchev–Trinajstić information content (AvgIpc) is 3.14. The Bertz CT molecular complexity index is 448. The lowest BCUT2D eigenvalue weighted by Crippen LogP contribution is -2.23. The van der Waals surface area contributed by atoms with E-state index in [9.17, 15) is 9.59 Å². The molecule has 4 nitrogen and oxygen atoms in total. The molecular formula is C23H42O4. The van der Waals surface area contributed by atoms with Gasteiger partial charge in [-0.15, -0.1) is 0 Å². The van der Waals surface area contributed by atoms with E-state index >= 15 is 0 Å². The summed E-state index contributed by atoms with van der Waals surface area (Å²) in [6.07, 6.45) is 16.6. The summed E-state index contributed by atoms with van der Waals surface area (Å²) in [5.74, 6) is -0.0287. The quantitative estimate of drug-likeness (QED) is 0.302. The summed E-state index contributed by atoms with van der Waals surface area (Å²) in [5.41, 5.74) is -0.270. The lowest BCUT2D eigenvalue weighted by Gasteiger charge is -2.22. The zero-order valence-corrected chi connectivity index (χ0v) is 18.2. The van der Waals surface area contributed by atoms with E-state index in [1.54, 1.807) is 0 Å². The highest BCUT2D eigenvalue weighted by Crippen LogP contribution is 2.32. The van der Waals surface area contributed by atoms with Gasteiger partial charge in [-0.05, 0) is 52.4 Å². The summed E-state index contributed by atoms with van der Waals surface area (Å²) >= 11 is 0. The van der Waals surface area contributed by atoms with E-state index in [1.165, 1.54) is 57.8 Å². The van der Waals surface area contributed by atoms with Crippen LogP contribution in [0.2, 0.25) is 0 Å². The predicted molar refractivity (Wildman–Crippen MR) is 110 cm³/mol. The minimum atomic E-state index is -0.136. The van der Waals surface area contributed by atoms with Crippen molar-refractivity contribution in [2.45, 2.75) is 135 Å². The van der Waals surface area contributed by atoms with Gasteiger partial charge in [0.05, 0.1) is 0 Å². The molecule has 2 aliphatic heterocycles. The van der Waals surface area contributed by atoms with Crippen LogP contribution in [-0.2, 0) is 19.1 Å². The second-order valence-corrected chi connectivity index (χ2v) is 8.82. The maximum absolute atomic E-state index is 11.0. The van der Waals surface area contributed by atoms with E-state index < -0.39 is 0 Å². The Morgan fingerprint density at radius 1 is 0.667 bits per heavy atom. The highest BCUT2D eigenvalue weighted by Gasteiger charge is 2.35. The highest BCUT2D eigenvalue weighted by atomic mass is 16.6. The van der Waals surface area contributed by atoms with Gasteiger partial charge in [-0.2, -0.15) is 0 Å². The summed E-state index contributed by atoms with van der Waals surface area (Å²) in [6, 6.07) is 0. The Kier molecular flexibility index (Phi) is 11.0. The van der Waals surface area contributed by atoms with Gasteiger partial charge in [0, 0.05) is 12.8 Å². The minimum Gasteiger partial charge on any atom is -0.459 e. The topological polar surface area (TPSA) is 52.6 Å². The third kappa shape index (κ3) is 10.2. The summed E-state index contributed by atoms with van der Waals surface area (Å²) in [4.78, 5) is 21.9. The maximum Gasteiger partial charge on any atom is 0.306 e. The van der Waals surface area contributed by atoms with Crippen LogP contribution in [0.4, 0.5) is 0 Å². The molecule has 2 fully saturated rings. The molecule has 27 heavy (non-hydrogen) atoms. The van der Waals surface area contributed by atoms with Crippen LogP contribution in [0, 0.1) is 0 Å². The zero-order valence-electron chi connectivity index (χ0n) is 18.2. The van der Waals surface area contributed by atoms with E-state index in [0.29, 0.717) is 12.8 Å². The van der Waals surface area contributed by atoms with Gasteiger partial charge in [0.15, 0.2) is 0 Å². The molecule has 0 aromatic rings. The molecule has 2 saturated heterocycles. The van der Waals surface area contributed by atoms with E-state index in [0.717, 1.165) is 25.7 Å². The first-order chi connectivity index (χ1) is 12.8. The van der Waals surface area contributed by atoms with Crippen molar-refractivity contribution in [3.8, 4) is 0 Å². The fraction of sp³-hybridized carbons (Fsp3) is 0.913. The van der Waals surface area contributed by atoms with Crippen molar-refractivity contribution in [2.75, 3.05) is 0 Å². The maximum atomic E-state index is 11.0. The Hall–Kier alpha value is -1.06. The molecule has 2 unspecified atom stereocenters. The Labute approximate surface area is 166 Å². The average molecular weight is 383 g/mol. The summed E-state index contributed by atoms with van der Waals surface area (Å²) in [5, 5.41) is 0. The predicted octanol–water partition coefficient (Wildman–Crippen LogP) is 6.50. The molecule has 0 saturated carbocycles. The molecule has 0 aromatic heterocycles. The number of esters is 2. The largest absolute Gasteiger partial charge is 0.459 e. The SMILES string of the molecule is CCCCCCC1(C)CCC(=O)O1.CCCCCCCC1(C)CCC(=O)O1. The third-order valence-electron chi connectivity index (χ3n) is 5.80. The molecule has 0 aromatic carbocycles. The van der Waals surface area contributed by atoms with Crippen LogP contribution >= 0.6 is 0 Å². The molecule has 0 spiro atoms. The standard InChI is InChI=1S/C12H22O2.C11H20O2/c1-3-4-5-6-7-9-12(2)10-8-11(13)14-12;1-3-4-5-6-8-11(2)9-7-10(12)13-11/h3-10H2,1-2H3;3-9H2,1-2H3. The minimum absolute atomic E-state index is 0.0129. The van der Waals surface area contributed by atoms with Gasteiger partial charge in [0.25, 0.3) is 0 Å². The zero-order chi connectivity index (χ0) is 20.2. The van der Waals surface area contributed by atoms with Crippen LogP contribution in [0.25, 0.3) is 0 Å². The van der Waals surface area contributed by atoms with Crippen LogP contribution < -0.4 is 0 Å². The fourth-order valence-electron chi connectivity index (χ4n) is 3.87. The van der Waals surface area contributed by atoms with Crippen LogP contribution in [0.1, 0.15) is 124 Å². The van der Waals surface area contributed by atoms with E-state index in [-0.39, 0.29) is 23.1 Å². The number of rotatable bonds is 11. The van der Waals surface area contributed by atoms with Crippen LogP contribution in [-0.4, -0.2) is 23.1 Å². The first kappa shape index (κ1) is 24.0. The van der Waals surface area contributed by atoms with Crippen LogP contribution in [0.3, 0.4) is 0 Å². The molecule has 2 aliphatic rings. The molecule has 0 bridgehead atoms. The van der Waals surface area contributed by atoms with Crippen molar-refractivity contribution in [1.82, 2.24) is 0 Å². The van der Waals surface area contributed by atoms with Gasteiger partial charge < -0.3 is 9.47 Å². The fourth-order valence-corrected chi connectivity index (χ4v) is 3.87. The number of hydrogen-bond acceptors (Lipinski definition) is 4. The second-order valence-electron chi connectivity index (χ2n) is 8.82. The molecule has 2 atom stereocenters. The highest BCUT2D eigenvalue weighted by molar-refractivity contribution is 5.72. The number of cyclic esters (lactones) is 2. The molecule has 0 radical (unpaired) electrons. The van der Waals surface area contributed by atoms with Crippen molar-refractivity contribution in [1.29, 1.82) is 0 Å². The first-order valence-corrected chi connectivity index (χ1v) is 11.3. The monoisotopic (exact) mass is 382 g/mol. The number of carbonyl (C=O) groups is 2. The lowest BCUT2D eigenvalue weighted by molar-refractivity contribution is -0.148. The molecular weight excluding hydrogens is 340 g/mol. The lowest BCUT2D eigenvalue weighted by atomic mass is 9.95. The van der Waals surface area contributed by atoms with Gasteiger partial charge in [0.1, 0.15) is 11.2 Å². The van der Waals surface area contributed by atoms with Gasteiger partial charge in [-0.25, -0.2) is 0 Å². The summed E-state index contributed by atoms with van der Waals surface area (Å²) in [6.45, 7) is 8.55. The first-order valence-electron chi connectivity index (χ1n) is 11.3. The van der Waals surface area contributed by atoms with E-state index in [4.69, 9.17) is 9.47 Å². The molecule has 0 amide bonds. The van der Waals surface area contributed by atoms with Crippen molar-refractivity contribution < 1.29 is 19.1 Å². The van der Waals surface area contributed by atoms with Gasteiger partial charge in [-0.1, -0.05) is 58.8 Å². The number of carbonyl (C=O) groups excluding carboxylic acids is 2. The van der Waals surface area contributed by atoms with Crippen LogP contribution in [0.5, 0.6) is 0 Å². The van der Waals surface area contributed by atoms with Crippen LogP contribution in [0.15, 0.2) is 0 Å². The van der Waals surface area contributed by atoms with Gasteiger partial charge >= 0.3 is 11.9 Å². The van der Waals surface area contributed by atoms with E-state index in [2.05, 4.69) is 27.7 Å². The van der Waals surface area contributed by atoms with Crippen molar-refractivity contribution in [3.05, 3.63) is 0 Å². The molecule has 2 rings (SSSR count). The second kappa shape index (κ2) is 12.4. The Morgan fingerprint density at radius 3 is 1.37 bits per heavy atom. The smallest absolute Gasteiger partial charge is 0.306 e. The Morgan fingerprint density at radius 2 is 1.04 bits per heavy atom. The Balaban J connectivity index is 0.000000271. The summed E-state index contributed by atoms with van der Waals surface area (Å²) in [7, 11) is 0. The van der Waals surface area contributed by atoms with Crippen molar-refractivity contribution in [2.24, 2.45) is 0 Å². The van der Waals surface area contributed by atoms with Gasteiger partial charge in [0.2, 0.25) is 0 Å². The number of ether oxygens (including phenoxy) is 2. The van der Waals surface area contributed by atoms with Gasteiger partial charge in [-0.3, -0.25) is 9.59 Å². The molecule has 158 valence electrons. The van der Waals surface area contributed by atoms with Crippen molar-refractivity contribution in [3.63, 3.8) is 0 Å². The third-order valence-corrected chi connectivity index (χ3v) is 5.80. The summed E-state index contributed by atoms with van der Waals surface area (Å²) < 4.78 is 10.6. The molecule has 2 heterocycles. The number of hydrogen-bond donors (Lipinski definition) is 0. The molecule has 4 heteroatoms. The number of unbranched alkanes of at least 4 members (excludes halogenated alkanes) is 7. The van der Waals surface area contributed by atoms with Crippen molar-refractivity contribution >= 4 is 11.9 Å². The van der Waals surface area contributed by atoms with E-state index in [1.807, 2.05) is 0 Å². The molecule has 0 aliphatic carbocycles. The normalized spacial score (nSPS) is 27.1. The molecule has 0 N–H and O–H groups in total.